The molecule has 0 heterocycles. The molecule has 1 amide bonds. The lowest BCUT2D eigenvalue weighted by atomic mass is 10.1. The summed E-state index contributed by atoms with van der Waals surface area (Å²) in [7, 11) is -4.40. The van der Waals surface area contributed by atoms with Crippen molar-refractivity contribution in [3.05, 3.63) is 94.2 Å². The van der Waals surface area contributed by atoms with Crippen molar-refractivity contribution in [2.75, 3.05) is 10.9 Å². The molecule has 3 aromatic rings. The van der Waals surface area contributed by atoms with Gasteiger partial charge in [-0.2, -0.15) is 0 Å². The van der Waals surface area contributed by atoms with Gasteiger partial charge in [0.1, 0.15) is 11.9 Å². The number of nitrogens with zero attached hydrogens (tertiary/aromatic N) is 1. The minimum atomic E-state index is -4.40. The number of benzene rings is 3. The molecule has 3 aromatic carbocycles. The summed E-state index contributed by atoms with van der Waals surface area (Å²) in [6.07, 6.45) is 0.325. The molecule has 0 saturated carbocycles. The van der Waals surface area contributed by atoms with Gasteiger partial charge in [0.25, 0.3) is 10.0 Å². The highest BCUT2D eigenvalue weighted by Crippen LogP contribution is 2.31. The van der Waals surface area contributed by atoms with Crippen LogP contribution in [0.25, 0.3) is 0 Å². The highest BCUT2D eigenvalue weighted by molar-refractivity contribution is 7.93. The molecule has 0 aromatic heterocycles. The molecule has 0 saturated heterocycles. The molecular formula is C24H23Cl2FN2O4S. The van der Waals surface area contributed by atoms with Gasteiger partial charge in [0.05, 0.1) is 23.2 Å². The summed E-state index contributed by atoms with van der Waals surface area (Å²) in [5.74, 6) is -1.59. The Labute approximate surface area is 208 Å². The molecule has 0 aliphatic heterocycles. The molecule has 6 nitrogen and oxygen atoms in total. The molecule has 180 valence electrons. The number of anilines is 1. The number of hydrogen-bond donors (Lipinski definition) is 2. The van der Waals surface area contributed by atoms with Crippen molar-refractivity contribution < 1.29 is 22.7 Å². The SMILES string of the molecule is C[C@H](C(=O)N[C@H](CO)Cc1ccccc1)N(c1cc(Cl)ccc1F)S(=O)(=O)c1ccc(Cl)cc1. The largest absolute Gasteiger partial charge is 0.394 e. The number of aliphatic hydroxyl groups is 1. The Hall–Kier alpha value is -2.65. The predicted molar refractivity (Wildman–Crippen MR) is 131 cm³/mol. The molecule has 0 spiro atoms. The normalized spacial score (nSPS) is 13.2. The maximum absolute atomic E-state index is 14.8. The van der Waals surface area contributed by atoms with Crippen LogP contribution in [0.4, 0.5) is 10.1 Å². The molecule has 0 bridgehead atoms. The molecule has 0 aliphatic carbocycles. The van der Waals surface area contributed by atoms with Gasteiger partial charge in [-0.1, -0.05) is 53.5 Å². The van der Waals surface area contributed by atoms with Crippen LogP contribution < -0.4 is 9.62 Å². The average molecular weight is 525 g/mol. The number of nitrogens with one attached hydrogen (secondary N) is 1. The van der Waals surface area contributed by atoms with Crippen LogP contribution in [0.1, 0.15) is 12.5 Å². The average Bonchev–Trinajstić information content (AvgIpc) is 2.81. The van der Waals surface area contributed by atoms with Crippen LogP contribution in [0, 0.1) is 5.82 Å². The lowest BCUT2D eigenvalue weighted by Crippen LogP contribution is -2.52. The highest BCUT2D eigenvalue weighted by atomic mass is 35.5. The van der Waals surface area contributed by atoms with E-state index < -0.39 is 33.8 Å². The molecule has 0 radical (unpaired) electrons. The Bertz CT molecular complexity index is 1240. The van der Waals surface area contributed by atoms with Gasteiger partial charge in [0.15, 0.2) is 0 Å². The number of rotatable bonds is 9. The van der Waals surface area contributed by atoms with Gasteiger partial charge >= 0.3 is 0 Å². The molecule has 2 atom stereocenters. The molecule has 0 unspecified atom stereocenters. The quantitative estimate of drug-likeness (QED) is 0.433. The Morgan fingerprint density at radius 3 is 2.26 bits per heavy atom. The number of aliphatic hydroxyl groups excluding tert-OH is 1. The van der Waals surface area contributed by atoms with Crippen LogP contribution in [0.15, 0.2) is 77.7 Å². The predicted octanol–water partition coefficient (Wildman–Crippen LogP) is 4.44. The number of halogens is 3. The van der Waals surface area contributed by atoms with Gasteiger partial charge < -0.3 is 10.4 Å². The van der Waals surface area contributed by atoms with E-state index in [0.717, 1.165) is 17.7 Å². The third-order valence-electron chi connectivity index (χ3n) is 5.14. The minimum absolute atomic E-state index is 0.0950. The summed E-state index contributed by atoms with van der Waals surface area (Å²) in [6.45, 7) is 0.961. The zero-order valence-corrected chi connectivity index (χ0v) is 20.5. The van der Waals surface area contributed by atoms with Crippen LogP contribution >= 0.6 is 23.2 Å². The fourth-order valence-electron chi connectivity index (χ4n) is 3.41. The van der Waals surface area contributed by atoms with Gasteiger partial charge in [-0.25, -0.2) is 12.8 Å². The van der Waals surface area contributed by atoms with Crippen LogP contribution in [-0.2, 0) is 21.2 Å². The van der Waals surface area contributed by atoms with Crippen molar-refractivity contribution in [3.8, 4) is 0 Å². The highest BCUT2D eigenvalue weighted by Gasteiger charge is 2.36. The number of carbonyl (C=O) groups is 1. The lowest BCUT2D eigenvalue weighted by molar-refractivity contribution is -0.122. The van der Waals surface area contributed by atoms with Crippen molar-refractivity contribution in [1.29, 1.82) is 0 Å². The second-order valence-corrected chi connectivity index (χ2v) is 10.3. The van der Waals surface area contributed by atoms with Crippen molar-refractivity contribution in [1.82, 2.24) is 5.32 Å². The number of amides is 1. The van der Waals surface area contributed by atoms with Crippen LogP contribution in [0.5, 0.6) is 0 Å². The topological polar surface area (TPSA) is 86.7 Å². The number of hydrogen-bond acceptors (Lipinski definition) is 4. The van der Waals surface area contributed by atoms with E-state index in [9.17, 15) is 22.7 Å². The van der Waals surface area contributed by atoms with Crippen molar-refractivity contribution in [3.63, 3.8) is 0 Å². The van der Waals surface area contributed by atoms with Crippen molar-refractivity contribution >= 4 is 44.8 Å². The number of carbonyl (C=O) groups excluding carboxylic acids is 1. The Balaban J connectivity index is 1.97. The van der Waals surface area contributed by atoms with E-state index in [1.165, 1.54) is 37.3 Å². The Morgan fingerprint density at radius 1 is 1.03 bits per heavy atom. The molecule has 3 rings (SSSR count). The van der Waals surface area contributed by atoms with Crippen molar-refractivity contribution in [2.24, 2.45) is 0 Å². The van der Waals surface area contributed by atoms with Crippen molar-refractivity contribution in [2.45, 2.75) is 30.3 Å². The zero-order valence-electron chi connectivity index (χ0n) is 18.2. The summed E-state index contributed by atoms with van der Waals surface area (Å²) in [5.41, 5.74) is 0.495. The summed E-state index contributed by atoms with van der Waals surface area (Å²) >= 11 is 11.9. The van der Waals surface area contributed by atoms with E-state index >= 15 is 0 Å². The maximum Gasteiger partial charge on any atom is 0.265 e. The van der Waals surface area contributed by atoms with Gasteiger partial charge in [-0.15, -0.1) is 0 Å². The third kappa shape index (κ3) is 6.07. The Kier molecular flexibility index (Phi) is 8.54. The fourth-order valence-corrected chi connectivity index (χ4v) is 5.32. The van der Waals surface area contributed by atoms with Gasteiger partial charge in [-0.3, -0.25) is 9.10 Å². The van der Waals surface area contributed by atoms with E-state index in [0.29, 0.717) is 15.7 Å². The summed E-state index contributed by atoms with van der Waals surface area (Å²) in [4.78, 5) is 13.0. The third-order valence-corrected chi connectivity index (χ3v) is 7.52. The van der Waals surface area contributed by atoms with E-state index in [1.54, 1.807) is 0 Å². The minimum Gasteiger partial charge on any atom is -0.394 e. The van der Waals surface area contributed by atoms with Gasteiger partial charge in [0.2, 0.25) is 5.91 Å². The maximum atomic E-state index is 14.8. The van der Waals surface area contributed by atoms with E-state index in [1.807, 2.05) is 30.3 Å². The molecule has 34 heavy (non-hydrogen) atoms. The van der Waals surface area contributed by atoms with E-state index in [2.05, 4.69) is 5.32 Å². The summed E-state index contributed by atoms with van der Waals surface area (Å²) in [5, 5.41) is 12.9. The second kappa shape index (κ2) is 11.2. The molecule has 0 fully saturated rings. The second-order valence-electron chi connectivity index (χ2n) is 7.60. The van der Waals surface area contributed by atoms with Crippen LogP contribution in [-0.4, -0.2) is 38.1 Å². The van der Waals surface area contributed by atoms with Gasteiger partial charge in [-0.05, 0) is 61.4 Å². The van der Waals surface area contributed by atoms with E-state index in [4.69, 9.17) is 23.2 Å². The monoisotopic (exact) mass is 524 g/mol. The summed E-state index contributed by atoms with van der Waals surface area (Å²) in [6, 6.07) is 15.9. The van der Waals surface area contributed by atoms with Gasteiger partial charge in [0, 0.05) is 10.0 Å². The molecule has 10 heteroatoms. The first kappa shape index (κ1) is 26.0. The first-order valence-corrected chi connectivity index (χ1v) is 12.5. The zero-order chi connectivity index (χ0) is 24.9. The van der Waals surface area contributed by atoms with Crippen LogP contribution in [0.2, 0.25) is 10.0 Å². The van der Waals surface area contributed by atoms with Crippen LogP contribution in [0.3, 0.4) is 0 Å². The van der Waals surface area contributed by atoms with E-state index in [-0.39, 0.29) is 22.2 Å². The Morgan fingerprint density at radius 2 is 1.65 bits per heavy atom. The first-order valence-electron chi connectivity index (χ1n) is 10.3. The number of sulfonamides is 1. The first-order chi connectivity index (χ1) is 16.1. The molecule has 2 N–H and O–H groups in total. The standard InChI is InChI=1S/C24H23Cl2FN2O4S/c1-16(24(31)28-20(15-30)13-17-5-3-2-4-6-17)29(23-14-19(26)9-12-22(23)27)34(32,33)21-10-7-18(25)8-11-21/h2-12,14,16,20,30H,13,15H2,1H3,(H,28,31)/t16-,20+/m1/s1. The molecular weight excluding hydrogens is 502 g/mol. The smallest absolute Gasteiger partial charge is 0.265 e. The summed E-state index contributed by atoms with van der Waals surface area (Å²) < 4.78 is 42.6. The fraction of sp³-hybridized carbons (Fsp3) is 0.208. The lowest BCUT2D eigenvalue weighted by Gasteiger charge is -2.31. The molecule has 0 aliphatic rings.